The lowest BCUT2D eigenvalue weighted by Gasteiger charge is -2.58. The minimum atomic E-state index is -0.712. The minimum Gasteiger partial charge on any atom is -0.481 e. The molecule has 0 radical (unpaired) electrons. The zero-order chi connectivity index (χ0) is 24.7. The Morgan fingerprint density at radius 2 is 1.91 bits per heavy atom. The van der Waals surface area contributed by atoms with Crippen molar-refractivity contribution in [1.29, 1.82) is 0 Å². The van der Waals surface area contributed by atoms with Crippen LogP contribution >= 0.6 is 0 Å². The largest absolute Gasteiger partial charge is 0.481 e. The molecule has 3 saturated carbocycles. The van der Waals surface area contributed by atoms with E-state index in [1.54, 1.807) is 13.0 Å². The van der Waals surface area contributed by atoms with Gasteiger partial charge in [0.1, 0.15) is 0 Å². The summed E-state index contributed by atoms with van der Waals surface area (Å²) in [5, 5.41) is 9.23. The molecule has 8 atom stereocenters. The maximum absolute atomic E-state index is 12.0. The summed E-state index contributed by atoms with van der Waals surface area (Å²) < 4.78 is 5.78. The second-order valence-corrected chi connectivity index (χ2v) is 12.0. The van der Waals surface area contributed by atoms with Gasteiger partial charge in [0.05, 0.1) is 12.5 Å². The quantitative estimate of drug-likeness (QED) is 0.441. The molecule has 3 fully saturated rings. The van der Waals surface area contributed by atoms with Crippen LogP contribution in [0.5, 0.6) is 0 Å². The van der Waals surface area contributed by atoms with Crippen LogP contribution in [0, 0.1) is 46.3 Å². The van der Waals surface area contributed by atoms with E-state index in [-0.39, 0.29) is 28.5 Å². The molecule has 8 unspecified atom stereocenters. The van der Waals surface area contributed by atoms with Crippen LogP contribution in [0.2, 0.25) is 0 Å². The Bertz CT molecular complexity index is 887. The number of carboxylic acid groups (broad SMARTS) is 1. The Labute approximate surface area is 204 Å². The van der Waals surface area contributed by atoms with Gasteiger partial charge in [-0.2, -0.15) is 0 Å². The molecular weight excluding hydrogens is 428 g/mol. The van der Waals surface area contributed by atoms with Gasteiger partial charge in [0.2, 0.25) is 0 Å². The number of carboxylic acids is 1. The van der Waals surface area contributed by atoms with Gasteiger partial charge in [0, 0.05) is 17.8 Å². The van der Waals surface area contributed by atoms with E-state index in [9.17, 15) is 19.5 Å². The lowest BCUT2D eigenvalue weighted by Crippen LogP contribution is -2.53. The van der Waals surface area contributed by atoms with E-state index >= 15 is 0 Å². The third kappa shape index (κ3) is 4.40. The van der Waals surface area contributed by atoms with Gasteiger partial charge in [-0.15, -0.1) is 0 Å². The van der Waals surface area contributed by atoms with Gasteiger partial charge in [-0.3, -0.25) is 14.4 Å². The van der Waals surface area contributed by atoms with Crippen LogP contribution in [0.15, 0.2) is 23.8 Å². The first-order valence-corrected chi connectivity index (χ1v) is 13.4. The topological polar surface area (TPSA) is 80.7 Å². The Hall–Kier alpha value is -1.91. The summed E-state index contributed by atoms with van der Waals surface area (Å²) in [6.07, 6.45) is 15.1. The summed E-state index contributed by atoms with van der Waals surface area (Å²) in [5.74, 6) is 1.58. The molecule has 0 saturated heterocycles. The lowest BCUT2D eigenvalue weighted by atomic mass is 9.47. The van der Waals surface area contributed by atoms with Crippen molar-refractivity contribution in [2.45, 2.75) is 85.5 Å². The van der Waals surface area contributed by atoms with Gasteiger partial charge < -0.3 is 9.84 Å². The molecular formula is C29H42O5. The zero-order valence-corrected chi connectivity index (χ0v) is 21.3. The monoisotopic (exact) mass is 470 g/mol. The maximum atomic E-state index is 12.0. The number of ketones is 1. The smallest absolute Gasteiger partial charge is 0.306 e. The number of hydrogen-bond acceptors (Lipinski definition) is 4. The van der Waals surface area contributed by atoms with Crippen LogP contribution < -0.4 is 0 Å². The maximum Gasteiger partial charge on any atom is 0.306 e. The number of rotatable bonds is 8. The van der Waals surface area contributed by atoms with E-state index in [0.717, 1.165) is 44.9 Å². The van der Waals surface area contributed by atoms with E-state index in [4.69, 9.17) is 4.74 Å². The van der Waals surface area contributed by atoms with Crippen LogP contribution in [0.25, 0.3) is 0 Å². The van der Waals surface area contributed by atoms with Crippen molar-refractivity contribution in [3.05, 3.63) is 23.8 Å². The highest BCUT2D eigenvalue weighted by Gasteiger charge is 2.61. The molecule has 0 aromatic carbocycles. The fourth-order valence-corrected chi connectivity index (χ4v) is 8.49. The number of esters is 1. The fourth-order valence-electron chi connectivity index (χ4n) is 8.49. The van der Waals surface area contributed by atoms with Crippen molar-refractivity contribution in [3.8, 4) is 0 Å². The molecule has 1 N–H and O–H groups in total. The van der Waals surface area contributed by atoms with Gasteiger partial charge in [-0.05, 0) is 86.7 Å². The SMILES string of the molecule is CC(=O)OCC12CCC3C(CCC4=CC(=O)C=CC43C)C1CCC2C(C)CCCC(C)C(=O)O. The van der Waals surface area contributed by atoms with Crippen molar-refractivity contribution < 1.29 is 24.2 Å². The average Bonchev–Trinajstić information content (AvgIpc) is 3.18. The second-order valence-electron chi connectivity index (χ2n) is 12.0. The Kier molecular flexibility index (Phi) is 7.13. The molecule has 0 aliphatic heterocycles. The first kappa shape index (κ1) is 25.2. The van der Waals surface area contributed by atoms with E-state index in [1.165, 1.54) is 25.3 Å². The molecule has 0 bridgehead atoms. The summed E-state index contributed by atoms with van der Waals surface area (Å²) in [7, 11) is 0. The van der Waals surface area contributed by atoms with E-state index in [1.807, 2.05) is 6.08 Å². The summed E-state index contributed by atoms with van der Waals surface area (Å²) >= 11 is 0. The zero-order valence-electron chi connectivity index (χ0n) is 21.3. The standard InChI is InChI=1S/C29H42O5/c1-18(6-5-7-19(2)27(32)33)24-10-11-26-23-9-8-21-16-22(31)12-14-28(21,4)25(23)13-15-29(24,26)17-34-20(3)30/h12,14,16,18-19,23-26H,5-11,13,15,17H2,1-4H3,(H,32,33). The molecule has 0 heterocycles. The third-order valence-electron chi connectivity index (χ3n) is 10.3. The predicted octanol–water partition coefficient (Wildman–Crippen LogP) is 5.98. The summed E-state index contributed by atoms with van der Waals surface area (Å²) in [6, 6.07) is 0. The van der Waals surface area contributed by atoms with Gasteiger partial charge in [0.25, 0.3) is 0 Å². The van der Waals surface area contributed by atoms with Gasteiger partial charge >= 0.3 is 11.9 Å². The van der Waals surface area contributed by atoms with Crippen LogP contribution in [-0.2, 0) is 19.1 Å². The summed E-state index contributed by atoms with van der Waals surface area (Å²) in [4.78, 5) is 35.1. The number of aliphatic carboxylic acids is 1. The first-order valence-electron chi connectivity index (χ1n) is 13.4. The van der Waals surface area contributed by atoms with Crippen molar-refractivity contribution >= 4 is 17.7 Å². The third-order valence-corrected chi connectivity index (χ3v) is 10.3. The number of hydrogen-bond donors (Lipinski definition) is 1. The van der Waals surface area contributed by atoms with Gasteiger partial charge in [0.15, 0.2) is 5.78 Å². The molecule has 5 heteroatoms. The van der Waals surface area contributed by atoms with E-state index in [0.29, 0.717) is 36.2 Å². The molecule has 5 nitrogen and oxygen atoms in total. The van der Waals surface area contributed by atoms with E-state index in [2.05, 4.69) is 19.9 Å². The predicted molar refractivity (Wildman–Crippen MR) is 131 cm³/mol. The normalized spacial score (nSPS) is 38.2. The van der Waals surface area contributed by atoms with Crippen LogP contribution in [0.3, 0.4) is 0 Å². The molecule has 0 spiro atoms. The van der Waals surface area contributed by atoms with Crippen molar-refractivity contribution in [3.63, 3.8) is 0 Å². The van der Waals surface area contributed by atoms with Gasteiger partial charge in [-0.1, -0.05) is 45.3 Å². The number of carbonyl (C=O) groups excluding carboxylic acids is 2. The minimum absolute atomic E-state index is 0.0243. The fraction of sp³-hybridized carbons (Fsp3) is 0.759. The van der Waals surface area contributed by atoms with Crippen molar-refractivity contribution in [2.75, 3.05) is 6.61 Å². The van der Waals surface area contributed by atoms with Crippen molar-refractivity contribution in [2.24, 2.45) is 46.3 Å². The molecule has 34 heavy (non-hydrogen) atoms. The lowest BCUT2D eigenvalue weighted by molar-refractivity contribution is -0.153. The highest BCUT2D eigenvalue weighted by Crippen LogP contribution is 2.67. The molecule has 188 valence electrons. The van der Waals surface area contributed by atoms with Crippen LogP contribution in [-0.4, -0.2) is 29.4 Å². The summed E-state index contributed by atoms with van der Waals surface area (Å²) in [6.45, 7) is 8.49. The average molecular weight is 471 g/mol. The van der Waals surface area contributed by atoms with Gasteiger partial charge in [-0.25, -0.2) is 0 Å². The highest BCUT2D eigenvalue weighted by molar-refractivity contribution is 6.01. The molecule has 4 aliphatic rings. The number of fused-ring (bicyclic) bond motifs is 5. The number of ether oxygens (including phenoxy) is 1. The Morgan fingerprint density at radius 1 is 1.15 bits per heavy atom. The molecule has 4 rings (SSSR count). The highest BCUT2D eigenvalue weighted by atomic mass is 16.5. The number of carbonyl (C=O) groups is 3. The Balaban J connectivity index is 1.55. The molecule has 0 aromatic heterocycles. The first-order chi connectivity index (χ1) is 16.1. The van der Waals surface area contributed by atoms with E-state index < -0.39 is 5.97 Å². The molecule has 0 amide bonds. The molecule has 4 aliphatic carbocycles. The Morgan fingerprint density at radius 3 is 2.62 bits per heavy atom. The van der Waals surface area contributed by atoms with Crippen molar-refractivity contribution in [1.82, 2.24) is 0 Å². The number of allylic oxidation sites excluding steroid dienone is 4. The van der Waals surface area contributed by atoms with Crippen LogP contribution in [0.4, 0.5) is 0 Å². The second kappa shape index (κ2) is 9.62. The van der Waals surface area contributed by atoms with Crippen LogP contribution in [0.1, 0.15) is 85.5 Å². The molecule has 0 aromatic rings. The summed E-state index contributed by atoms with van der Waals surface area (Å²) in [5.41, 5.74) is 1.31.